The van der Waals surface area contributed by atoms with Crippen LogP contribution in [-0.2, 0) is 17.6 Å². The summed E-state index contributed by atoms with van der Waals surface area (Å²) in [6, 6.07) is 8.80. The van der Waals surface area contributed by atoms with Crippen molar-refractivity contribution in [3.05, 3.63) is 35.4 Å². The summed E-state index contributed by atoms with van der Waals surface area (Å²) in [6.07, 6.45) is 6.58. The van der Waals surface area contributed by atoms with E-state index in [0.29, 0.717) is 23.5 Å². The van der Waals surface area contributed by atoms with Crippen LogP contribution in [0.25, 0.3) is 0 Å². The zero-order valence-corrected chi connectivity index (χ0v) is 11.2. The van der Waals surface area contributed by atoms with Crippen LogP contribution < -0.4 is 0 Å². The van der Waals surface area contributed by atoms with Crippen LogP contribution in [0.4, 0.5) is 0 Å². The summed E-state index contributed by atoms with van der Waals surface area (Å²) in [5.41, 5.74) is 3.00. The second-order valence-corrected chi connectivity index (χ2v) is 6.02. The van der Waals surface area contributed by atoms with E-state index < -0.39 is 0 Å². The van der Waals surface area contributed by atoms with Gasteiger partial charge < -0.3 is 0 Å². The number of benzene rings is 1. The first kappa shape index (κ1) is 12.0. The lowest BCUT2D eigenvalue weighted by Gasteiger charge is -2.20. The van der Waals surface area contributed by atoms with Gasteiger partial charge in [-0.1, -0.05) is 31.2 Å². The van der Waals surface area contributed by atoms with E-state index in [2.05, 4.69) is 31.2 Å². The molecule has 3 rings (SSSR count). The van der Waals surface area contributed by atoms with Crippen LogP contribution in [0.3, 0.4) is 0 Å². The standard InChI is InChI=1S/C17H22O/c1-2-5-16(18)17-14-8-9-15(17)11-13-7-4-3-6-12(13)10-14/h3-4,6-7,14-15,17H,2,5,8-11H2,1H3. The van der Waals surface area contributed by atoms with Gasteiger partial charge in [-0.15, -0.1) is 0 Å². The molecule has 0 aliphatic heterocycles. The first-order valence-corrected chi connectivity index (χ1v) is 7.39. The second kappa shape index (κ2) is 4.87. The number of rotatable bonds is 3. The van der Waals surface area contributed by atoms with Crippen molar-refractivity contribution in [3.63, 3.8) is 0 Å². The normalized spacial score (nSPS) is 29.7. The Morgan fingerprint density at radius 1 is 1.11 bits per heavy atom. The van der Waals surface area contributed by atoms with Gasteiger partial charge in [-0.2, -0.15) is 0 Å². The maximum Gasteiger partial charge on any atom is 0.136 e. The van der Waals surface area contributed by atoms with E-state index in [4.69, 9.17) is 0 Å². The molecule has 1 nitrogen and oxygen atoms in total. The average Bonchev–Trinajstić information content (AvgIpc) is 2.65. The van der Waals surface area contributed by atoms with Gasteiger partial charge in [-0.05, 0) is 55.1 Å². The molecule has 0 amide bonds. The molecule has 2 unspecified atom stereocenters. The molecular formula is C17H22O. The van der Waals surface area contributed by atoms with Gasteiger partial charge in [0.1, 0.15) is 5.78 Å². The molecule has 1 aromatic carbocycles. The van der Waals surface area contributed by atoms with Crippen molar-refractivity contribution >= 4 is 5.78 Å². The third kappa shape index (κ3) is 2.00. The smallest absolute Gasteiger partial charge is 0.136 e. The monoisotopic (exact) mass is 242 g/mol. The molecule has 2 atom stereocenters. The van der Waals surface area contributed by atoms with E-state index in [-0.39, 0.29) is 0 Å². The molecule has 1 saturated carbocycles. The van der Waals surface area contributed by atoms with Crippen molar-refractivity contribution in [2.75, 3.05) is 0 Å². The molecule has 0 radical (unpaired) electrons. The fraction of sp³-hybridized carbons (Fsp3) is 0.588. The van der Waals surface area contributed by atoms with Crippen LogP contribution in [0.15, 0.2) is 24.3 Å². The Bertz CT molecular complexity index is 416. The minimum atomic E-state index is 0.359. The highest BCUT2D eigenvalue weighted by molar-refractivity contribution is 5.82. The number of carbonyl (C=O) groups is 1. The zero-order chi connectivity index (χ0) is 12.5. The van der Waals surface area contributed by atoms with E-state index in [1.807, 2.05) is 0 Å². The Morgan fingerprint density at radius 3 is 2.17 bits per heavy atom. The number of ketones is 1. The van der Waals surface area contributed by atoms with Gasteiger partial charge in [0, 0.05) is 12.3 Å². The van der Waals surface area contributed by atoms with Gasteiger partial charge in [0.05, 0.1) is 0 Å². The Hall–Kier alpha value is -1.11. The average molecular weight is 242 g/mol. The zero-order valence-electron chi connectivity index (χ0n) is 11.2. The third-order valence-electron chi connectivity index (χ3n) is 4.87. The summed E-state index contributed by atoms with van der Waals surface area (Å²) in [5.74, 6) is 2.14. The number of hydrogen-bond donors (Lipinski definition) is 0. The van der Waals surface area contributed by atoms with Crippen LogP contribution in [0.2, 0.25) is 0 Å². The van der Waals surface area contributed by atoms with Gasteiger partial charge in [0.2, 0.25) is 0 Å². The van der Waals surface area contributed by atoms with Gasteiger partial charge in [-0.25, -0.2) is 0 Å². The van der Waals surface area contributed by atoms with E-state index in [9.17, 15) is 4.79 Å². The van der Waals surface area contributed by atoms with Gasteiger partial charge in [0.25, 0.3) is 0 Å². The topological polar surface area (TPSA) is 17.1 Å². The van der Waals surface area contributed by atoms with Gasteiger partial charge in [-0.3, -0.25) is 4.79 Å². The second-order valence-electron chi connectivity index (χ2n) is 6.02. The lowest BCUT2D eigenvalue weighted by Crippen LogP contribution is -2.25. The van der Waals surface area contributed by atoms with E-state index in [1.165, 1.54) is 24.0 Å². The predicted octanol–water partition coefficient (Wildman–Crippen LogP) is 3.80. The number of carbonyl (C=O) groups excluding carboxylic acids is 1. The van der Waals surface area contributed by atoms with E-state index >= 15 is 0 Å². The molecule has 1 heteroatoms. The van der Waals surface area contributed by atoms with E-state index in [0.717, 1.165) is 25.7 Å². The molecule has 1 aromatic rings. The summed E-state index contributed by atoms with van der Waals surface area (Å²) in [6.45, 7) is 2.12. The van der Waals surface area contributed by atoms with Crippen molar-refractivity contribution in [1.29, 1.82) is 0 Å². The number of Topliss-reactive ketones (excluding diaryl/α,β-unsaturated/α-hetero) is 1. The van der Waals surface area contributed by atoms with Crippen LogP contribution in [-0.4, -0.2) is 5.78 Å². The molecule has 2 aliphatic rings. The molecule has 0 heterocycles. The fourth-order valence-electron chi connectivity index (χ4n) is 4.09. The first-order valence-electron chi connectivity index (χ1n) is 7.39. The van der Waals surface area contributed by atoms with Crippen molar-refractivity contribution < 1.29 is 4.79 Å². The van der Waals surface area contributed by atoms with Gasteiger partial charge in [0.15, 0.2) is 0 Å². The highest BCUT2D eigenvalue weighted by Crippen LogP contribution is 2.45. The van der Waals surface area contributed by atoms with Crippen LogP contribution in [0.1, 0.15) is 43.7 Å². The van der Waals surface area contributed by atoms with Crippen LogP contribution in [0.5, 0.6) is 0 Å². The molecule has 2 aliphatic carbocycles. The summed E-state index contributed by atoms with van der Waals surface area (Å²) in [5, 5.41) is 0. The quantitative estimate of drug-likeness (QED) is 0.788. The van der Waals surface area contributed by atoms with Gasteiger partial charge >= 0.3 is 0 Å². The number of hydrogen-bond acceptors (Lipinski definition) is 1. The Balaban J connectivity index is 1.88. The molecule has 0 spiro atoms. The highest BCUT2D eigenvalue weighted by atomic mass is 16.1. The number of fused-ring (bicyclic) bond motifs is 3. The minimum absolute atomic E-state index is 0.359. The highest BCUT2D eigenvalue weighted by Gasteiger charge is 2.42. The van der Waals surface area contributed by atoms with Crippen LogP contribution >= 0.6 is 0 Å². The van der Waals surface area contributed by atoms with E-state index in [1.54, 1.807) is 0 Å². The van der Waals surface area contributed by atoms with Crippen molar-refractivity contribution in [3.8, 4) is 0 Å². The molecule has 0 aromatic heterocycles. The minimum Gasteiger partial charge on any atom is -0.299 e. The Kier molecular flexibility index (Phi) is 3.23. The molecule has 0 saturated heterocycles. The van der Waals surface area contributed by atoms with Crippen molar-refractivity contribution in [1.82, 2.24) is 0 Å². The maximum absolute atomic E-state index is 12.4. The Labute approximate surface area is 110 Å². The largest absolute Gasteiger partial charge is 0.299 e. The lowest BCUT2D eigenvalue weighted by molar-refractivity contribution is -0.125. The molecule has 2 bridgehead atoms. The van der Waals surface area contributed by atoms with Crippen molar-refractivity contribution in [2.45, 2.75) is 45.4 Å². The summed E-state index contributed by atoms with van der Waals surface area (Å²) in [7, 11) is 0. The Morgan fingerprint density at radius 2 is 1.67 bits per heavy atom. The third-order valence-corrected chi connectivity index (χ3v) is 4.87. The van der Waals surface area contributed by atoms with Crippen molar-refractivity contribution in [2.24, 2.45) is 17.8 Å². The molecule has 1 fully saturated rings. The first-order chi connectivity index (χ1) is 8.79. The fourth-order valence-corrected chi connectivity index (χ4v) is 4.09. The summed E-state index contributed by atoms with van der Waals surface area (Å²) in [4.78, 5) is 12.4. The summed E-state index contributed by atoms with van der Waals surface area (Å²) >= 11 is 0. The van der Waals surface area contributed by atoms with Crippen LogP contribution in [0, 0.1) is 17.8 Å². The molecule has 18 heavy (non-hydrogen) atoms. The maximum atomic E-state index is 12.4. The molecule has 96 valence electrons. The molecular weight excluding hydrogens is 220 g/mol. The SMILES string of the molecule is CCCC(=O)C1C2CCC1Cc1ccccc1C2. The molecule has 0 N–H and O–H groups in total. The lowest BCUT2D eigenvalue weighted by atomic mass is 9.83. The predicted molar refractivity (Wildman–Crippen MR) is 73.5 cm³/mol. The summed E-state index contributed by atoms with van der Waals surface area (Å²) < 4.78 is 0.